The number of benzene rings is 2. The largest absolute Gasteiger partial charge is 0.462 e. The van der Waals surface area contributed by atoms with Crippen molar-refractivity contribution in [1.29, 1.82) is 0 Å². The van der Waals surface area contributed by atoms with Gasteiger partial charge in [0.2, 0.25) is 0 Å². The van der Waals surface area contributed by atoms with Crippen LogP contribution in [0.3, 0.4) is 0 Å². The van der Waals surface area contributed by atoms with Gasteiger partial charge >= 0.3 is 12.1 Å². The molecule has 4 nitrogen and oxygen atoms in total. The highest BCUT2D eigenvalue weighted by atomic mass is 32.2. The monoisotopic (exact) mass is 421 g/mol. The van der Waals surface area contributed by atoms with Crippen molar-refractivity contribution >= 4 is 16.8 Å². The molecule has 0 saturated carbocycles. The molecule has 0 saturated heterocycles. The molecule has 0 aliphatic carbocycles. The Bertz CT molecular complexity index is 1040. The van der Waals surface area contributed by atoms with Crippen molar-refractivity contribution in [2.45, 2.75) is 18.0 Å². The third kappa shape index (κ3) is 4.42. The maximum Gasteiger partial charge on any atom is 0.416 e. The molecule has 8 heteroatoms. The summed E-state index contributed by atoms with van der Waals surface area (Å²) in [4.78, 5) is 16.0. The molecule has 0 aliphatic heterocycles. The molecule has 3 rings (SSSR count). The minimum atomic E-state index is -4.43. The highest BCUT2D eigenvalue weighted by molar-refractivity contribution is 7.84. The Labute approximate surface area is 168 Å². The van der Waals surface area contributed by atoms with Crippen LogP contribution < -0.4 is 0 Å². The van der Waals surface area contributed by atoms with E-state index in [1.165, 1.54) is 18.3 Å². The van der Waals surface area contributed by atoms with Crippen LogP contribution >= 0.6 is 0 Å². The summed E-state index contributed by atoms with van der Waals surface area (Å²) in [5, 5.41) is 0. The van der Waals surface area contributed by atoms with Crippen molar-refractivity contribution < 1.29 is 26.9 Å². The van der Waals surface area contributed by atoms with E-state index in [1.54, 1.807) is 37.4 Å². The van der Waals surface area contributed by atoms with Crippen LogP contribution in [-0.2, 0) is 21.7 Å². The van der Waals surface area contributed by atoms with Crippen LogP contribution in [0.5, 0.6) is 0 Å². The van der Waals surface area contributed by atoms with Gasteiger partial charge < -0.3 is 9.72 Å². The molecule has 1 N–H and O–H groups in total. The zero-order valence-electron chi connectivity index (χ0n) is 15.7. The van der Waals surface area contributed by atoms with Crippen LogP contribution in [0.4, 0.5) is 13.2 Å². The van der Waals surface area contributed by atoms with Crippen molar-refractivity contribution in [3.8, 4) is 22.4 Å². The Kier molecular flexibility index (Phi) is 5.93. The summed E-state index contributed by atoms with van der Waals surface area (Å²) in [6.45, 7) is 1.87. The number of esters is 1. The van der Waals surface area contributed by atoms with Gasteiger partial charge in [-0.3, -0.25) is 4.21 Å². The summed E-state index contributed by atoms with van der Waals surface area (Å²) in [7, 11) is -1.16. The molecule has 0 spiro atoms. The lowest BCUT2D eigenvalue weighted by atomic mass is 9.97. The highest BCUT2D eigenvalue weighted by Gasteiger charge is 2.30. The minimum Gasteiger partial charge on any atom is -0.462 e. The maximum absolute atomic E-state index is 12.9. The van der Waals surface area contributed by atoms with Gasteiger partial charge in [0.25, 0.3) is 0 Å². The Morgan fingerprint density at radius 2 is 1.62 bits per heavy atom. The summed E-state index contributed by atoms with van der Waals surface area (Å²) < 4.78 is 55.4. The summed E-state index contributed by atoms with van der Waals surface area (Å²) >= 11 is 0. The Hall–Kier alpha value is -2.87. The number of hydrogen-bond acceptors (Lipinski definition) is 3. The number of rotatable bonds is 5. The van der Waals surface area contributed by atoms with E-state index in [-0.39, 0.29) is 12.2 Å². The van der Waals surface area contributed by atoms with Crippen molar-refractivity contribution in [2.75, 3.05) is 12.9 Å². The lowest BCUT2D eigenvalue weighted by molar-refractivity contribution is -0.137. The molecule has 0 amide bonds. The number of carbonyl (C=O) groups is 1. The zero-order chi connectivity index (χ0) is 21.2. The molecular weight excluding hydrogens is 403 g/mol. The van der Waals surface area contributed by atoms with Crippen molar-refractivity contribution in [2.24, 2.45) is 0 Å². The third-order valence-electron chi connectivity index (χ3n) is 4.35. The lowest BCUT2D eigenvalue weighted by Crippen LogP contribution is -2.05. The average molecular weight is 421 g/mol. The standard InChI is InChI=1S/C21H18F3NO3S/c1-3-28-20(26)17-12-25-19(14-4-8-15(9-5-14)21(22,23)24)18(17)13-6-10-16(11-7-13)29(2)27/h4-12,25H,3H2,1-2H3. The number of halogens is 3. The van der Waals surface area contributed by atoms with E-state index in [4.69, 9.17) is 4.74 Å². The number of alkyl halides is 3. The molecule has 1 heterocycles. The van der Waals surface area contributed by atoms with Gasteiger partial charge in [-0.2, -0.15) is 13.2 Å². The second-order valence-corrected chi connectivity index (χ2v) is 7.61. The molecule has 0 aliphatic rings. The highest BCUT2D eigenvalue weighted by Crippen LogP contribution is 2.37. The predicted molar refractivity (Wildman–Crippen MR) is 105 cm³/mol. The number of aromatic nitrogens is 1. The van der Waals surface area contributed by atoms with Crippen LogP contribution in [0.15, 0.2) is 59.6 Å². The quantitative estimate of drug-likeness (QED) is 0.570. The van der Waals surface area contributed by atoms with E-state index in [1.807, 2.05) is 0 Å². The van der Waals surface area contributed by atoms with Gasteiger partial charge in [0.05, 0.1) is 23.4 Å². The van der Waals surface area contributed by atoms with E-state index >= 15 is 0 Å². The van der Waals surface area contributed by atoms with Crippen LogP contribution in [0, 0.1) is 0 Å². The number of carbonyl (C=O) groups excluding carboxylic acids is 1. The smallest absolute Gasteiger partial charge is 0.416 e. The second kappa shape index (κ2) is 8.24. The van der Waals surface area contributed by atoms with Gasteiger partial charge in [-0.1, -0.05) is 24.3 Å². The fourth-order valence-electron chi connectivity index (χ4n) is 2.96. The van der Waals surface area contributed by atoms with E-state index in [9.17, 15) is 22.2 Å². The van der Waals surface area contributed by atoms with Gasteiger partial charge in [0.15, 0.2) is 0 Å². The Morgan fingerprint density at radius 3 is 2.14 bits per heavy atom. The number of hydrogen-bond donors (Lipinski definition) is 1. The van der Waals surface area contributed by atoms with E-state index in [2.05, 4.69) is 4.98 Å². The number of H-pyrrole nitrogens is 1. The molecule has 3 aromatic rings. The molecule has 1 unspecified atom stereocenters. The normalized spacial score (nSPS) is 12.6. The topological polar surface area (TPSA) is 59.2 Å². The van der Waals surface area contributed by atoms with Gasteiger partial charge in [-0.05, 0) is 42.3 Å². The summed E-state index contributed by atoms with van der Waals surface area (Å²) in [5.41, 5.74) is 1.66. The molecule has 0 fully saturated rings. The van der Waals surface area contributed by atoms with Gasteiger partial charge in [-0.15, -0.1) is 0 Å². The van der Waals surface area contributed by atoms with E-state index in [0.29, 0.717) is 27.3 Å². The Balaban J connectivity index is 2.12. The molecule has 0 bridgehead atoms. The van der Waals surface area contributed by atoms with Crippen molar-refractivity contribution in [3.63, 3.8) is 0 Å². The third-order valence-corrected chi connectivity index (χ3v) is 5.29. The van der Waals surface area contributed by atoms with Gasteiger partial charge in [0, 0.05) is 33.7 Å². The predicted octanol–water partition coefficient (Wildman–Crippen LogP) is 5.28. The summed E-state index contributed by atoms with van der Waals surface area (Å²) in [5.74, 6) is -0.542. The van der Waals surface area contributed by atoms with Crippen LogP contribution in [0.1, 0.15) is 22.8 Å². The lowest BCUT2D eigenvalue weighted by Gasteiger charge is -2.10. The van der Waals surface area contributed by atoms with Crippen molar-refractivity contribution in [3.05, 3.63) is 65.9 Å². The minimum absolute atomic E-state index is 0.187. The van der Waals surface area contributed by atoms with Crippen molar-refractivity contribution in [1.82, 2.24) is 4.98 Å². The SMILES string of the molecule is CCOC(=O)c1c[nH]c(-c2ccc(C(F)(F)F)cc2)c1-c1ccc(S(C)=O)cc1. The fraction of sp³-hybridized carbons (Fsp3) is 0.190. The van der Waals surface area contributed by atoms with Crippen LogP contribution in [-0.4, -0.2) is 28.0 Å². The van der Waals surface area contributed by atoms with E-state index < -0.39 is 28.5 Å². The molecular formula is C21H18F3NO3S. The van der Waals surface area contributed by atoms with Gasteiger partial charge in [-0.25, -0.2) is 4.79 Å². The van der Waals surface area contributed by atoms with Crippen LogP contribution in [0.25, 0.3) is 22.4 Å². The van der Waals surface area contributed by atoms with Crippen LogP contribution in [0.2, 0.25) is 0 Å². The number of nitrogens with one attached hydrogen (secondary N) is 1. The maximum atomic E-state index is 12.9. The first-order chi connectivity index (χ1) is 13.7. The molecule has 1 aromatic heterocycles. The first kappa shape index (κ1) is 20.9. The van der Waals surface area contributed by atoms with Gasteiger partial charge in [0.1, 0.15) is 0 Å². The number of ether oxygens (including phenoxy) is 1. The first-order valence-corrected chi connectivity index (χ1v) is 10.3. The fourth-order valence-corrected chi connectivity index (χ4v) is 3.48. The zero-order valence-corrected chi connectivity index (χ0v) is 16.5. The average Bonchev–Trinajstić information content (AvgIpc) is 3.13. The molecule has 1 atom stereocenters. The molecule has 29 heavy (non-hydrogen) atoms. The molecule has 152 valence electrons. The molecule has 0 radical (unpaired) electrons. The summed E-state index contributed by atoms with van der Waals surface area (Å²) in [6.07, 6.45) is -1.39. The molecule has 2 aromatic carbocycles. The first-order valence-electron chi connectivity index (χ1n) is 8.72. The number of aromatic amines is 1. The van der Waals surface area contributed by atoms with E-state index in [0.717, 1.165) is 12.1 Å². The summed E-state index contributed by atoms with van der Waals surface area (Å²) in [6, 6.07) is 11.5. The Morgan fingerprint density at radius 1 is 1.03 bits per heavy atom. The second-order valence-electron chi connectivity index (χ2n) is 6.23.